The third-order valence-electron chi connectivity index (χ3n) is 9.20. The van der Waals surface area contributed by atoms with Crippen LogP contribution < -0.4 is 0 Å². The first kappa shape index (κ1) is 43.2. The summed E-state index contributed by atoms with van der Waals surface area (Å²) in [6.07, 6.45) is 2.35. The topological polar surface area (TPSA) is 0 Å². The van der Waals surface area contributed by atoms with E-state index in [0.717, 1.165) is 15.9 Å². The van der Waals surface area contributed by atoms with Gasteiger partial charge in [-0.25, -0.2) is 0 Å². The zero-order valence-corrected chi connectivity index (χ0v) is 38.0. The zero-order chi connectivity index (χ0) is 37.9. The second-order valence-electron chi connectivity index (χ2n) is 15.9. The molecular formula is C47H58Cl2SiZr. The first-order valence-electron chi connectivity index (χ1n) is 18.2. The molecule has 0 nitrogen and oxygen atoms in total. The summed E-state index contributed by atoms with van der Waals surface area (Å²) >= 11 is -0.826. The van der Waals surface area contributed by atoms with E-state index < -0.39 is 20.8 Å². The maximum atomic E-state index is 4.93. The molecule has 0 atom stereocenters. The van der Waals surface area contributed by atoms with Gasteiger partial charge in [-0.05, 0) is 39.0 Å². The molecule has 0 saturated carbocycles. The molecule has 0 saturated heterocycles. The Kier molecular flexibility index (Phi) is 16.7. The van der Waals surface area contributed by atoms with E-state index in [-0.39, 0.29) is 10.8 Å². The van der Waals surface area contributed by atoms with Crippen molar-refractivity contribution in [2.24, 2.45) is 0 Å². The molecule has 0 fully saturated rings. The number of hydrogen-bond acceptors (Lipinski definition) is 0. The van der Waals surface area contributed by atoms with Crippen LogP contribution in [0.15, 0.2) is 103 Å². The quantitative estimate of drug-likeness (QED) is 0.120. The van der Waals surface area contributed by atoms with Gasteiger partial charge in [-0.2, -0.15) is 12.1 Å². The van der Waals surface area contributed by atoms with Crippen LogP contribution >= 0.6 is 17.0 Å². The molecule has 0 aromatic heterocycles. The van der Waals surface area contributed by atoms with Crippen LogP contribution in [-0.4, -0.2) is 9.52 Å². The molecule has 2 radical (unpaired) electrons. The van der Waals surface area contributed by atoms with E-state index in [1.165, 1.54) is 78.0 Å². The molecule has 0 unspecified atom stereocenters. The predicted octanol–water partition coefficient (Wildman–Crippen LogP) is 15.6. The fraction of sp³-hybridized carbons (Fsp3) is 0.362. The van der Waals surface area contributed by atoms with Gasteiger partial charge in [0, 0.05) is 9.52 Å². The number of aryl methyl sites for hydroxylation is 2. The molecule has 0 aliphatic heterocycles. The zero-order valence-electron chi connectivity index (χ0n) is 33.1. The van der Waals surface area contributed by atoms with E-state index in [2.05, 4.69) is 185 Å². The van der Waals surface area contributed by atoms with Gasteiger partial charge in [0.25, 0.3) is 0 Å². The van der Waals surface area contributed by atoms with Crippen LogP contribution in [0, 0.1) is 6.92 Å². The molecule has 0 aliphatic carbocycles. The Morgan fingerprint density at radius 2 is 1.18 bits per heavy atom. The van der Waals surface area contributed by atoms with Gasteiger partial charge < -0.3 is 0 Å². The Balaban J connectivity index is 0.000000239. The average molecular weight is 813 g/mol. The standard InChI is InChI=1S/C23H27.C22H25.C2H6Si.2ClH.Zr/c1-6-7-17-10-13-20(22-15-16(2)14-21(17)22)18-8-11-19(12-9-18)23(3,4)5;1-15(2)18-13-17-7-6-8-20(21(17)14-18)16-9-11-19(12-10-16)22(3,4)5;1-3-2;;;/h8-15H,6-7H2,1-5H3;6-15H,1-5H3;1-2H3;2*1H;/q2*-1;;;;+4/p-2. The summed E-state index contributed by atoms with van der Waals surface area (Å²) in [7, 11) is 11.0. The Morgan fingerprint density at radius 3 is 1.63 bits per heavy atom. The molecular weight excluding hydrogens is 755 g/mol. The predicted molar refractivity (Wildman–Crippen MR) is 229 cm³/mol. The normalized spacial score (nSPS) is 11.3. The summed E-state index contributed by atoms with van der Waals surface area (Å²) < 4.78 is 0. The van der Waals surface area contributed by atoms with E-state index in [0.29, 0.717) is 5.92 Å². The third-order valence-corrected chi connectivity index (χ3v) is 9.20. The molecule has 268 valence electrons. The van der Waals surface area contributed by atoms with Crippen molar-refractivity contribution >= 4 is 48.1 Å². The number of rotatable bonds is 5. The van der Waals surface area contributed by atoms with Crippen LogP contribution in [0.4, 0.5) is 0 Å². The molecule has 4 heteroatoms. The molecule has 0 spiro atoms. The summed E-state index contributed by atoms with van der Waals surface area (Å²) in [5.74, 6) is 0.573. The molecule has 6 rings (SSSR count). The van der Waals surface area contributed by atoms with Gasteiger partial charge in [-0.1, -0.05) is 167 Å². The van der Waals surface area contributed by atoms with Crippen LogP contribution in [-0.2, 0) is 38.1 Å². The van der Waals surface area contributed by atoms with Crippen molar-refractivity contribution in [3.05, 3.63) is 131 Å². The van der Waals surface area contributed by atoms with Gasteiger partial charge in [0.2, 0.25) is 0 Å². The average Bonchev–Trinajstić information content (AvgIpc) is 3.70. The SMILES string of the molecule is CC(C)c1cc2c(-c3ccc(C(C)(C)C)cc3)cccc2[cH-]1.CCCc1ccc(-c2ccc(C(C)(C)C)cc2)c2cc(C)[cH-]c12.C[Si]C.[Cl][Zr+2][Cl]. The second kappa shape index (κ2) is 19.7. The summed E-state index contributed by atoms with van der Waals surface area (Å²) in [6.45, 7) is 26.8. The molecule has 0 N–H and O–H groups in total. The molecule has 0 heterocycles. The van der Waals surface area contributed by atoms with Crippen molar-refractivity contribution in [3.8, 4) is 22.3 Å². The van der Waals surface area contributed by atoms with Gasteiger partial charge >= 0.3 is 37.9 Å². The van der Waals surface area contributed by atoms with Crippen LogP contribution in [0.1, 0.15) is 102 Å². The van der Waals surface area contributed by atoms with Crippen molar-refractivity contribution in [2.75, 3.05) is 0 Å². The number of benzene rings is 4. The van der Waals surface area contributed by atoms with Crippen molar-refractivity contribution in [3.63, 3.8) is 0 Å². The van der Waals surface area contributed by atoms with Crippen molar-refractivity contribution in [2.45, 2.75) is 112 Å². The molecule has 0 bridgehead atoms. The first-order chi connectivity index (χ1) is 24.1. The molecule has 0 amide bonds. The Labute approximate surface area is 331 Å². The van der Waals surface area contributed by atoms with E-state index in [9.17, 15) is 0 Å². The fourth-order valence-corrected chi connectivity index (χ4v) is 6.39. The van der Waals surface area contributed by atoms with E-state index in [4.69, 9.17) is 17.0 Å². The van der Waals surface area contributed by atoms with E-state index in [1.54, 1.807) is 0 Å². The van der Waals surface area contributed by atoms with Gasteiger partial charge in [-0.15, -0.1) is 68.6 Å². The van der Waals surface area contributed by atoms with Crippen LogP contribution in [0.25, 0.3) is 43.8 Å². The summed E-state index contributed by atoms with van der Waals surface area (Å²) in [5, 5.41) is 5.55. The van der Waals surface area contributed by atoms with Gasteiger partial charge in [0.15, 0.2) is 0 Å². The van der Waals surface area contributed by atoms with Gasteiger partial charge in [0.05, 0.1) is 0 Å². The van der Waals surface area contributed by atoms with Crippen molar-refractivity contribution < 1.29 is 20.8 Å². The van der Waals surface area contributed by atoms with Crippen molar-refractivity contribution in [1.82, 2.24) is 0 Å². The van der Waals surface area contributed by atoms with Crippen LogP contribution in [0.2, 0.25) is 13.1 Å². The molecule has 51 heavy (non-hydrogen) atoms. The van der Waals surface area contributed by atoms with Gasteiger partial charge in [-0.3, -0.25) is 0 Å². The summed E-state index contributed by atoms with van der Waals surface area (Å²) in [5.41, 5.74) is 12.8. The third kappa shape index (κ3) is 11.9. The number of halogens is 2. The molecule has 6 aromatic carbocycles. The summed E-state index contributed by atoms with van der Waals surface area (Å²) in [6, 6.07) is 38.7. The number of fused-ring (bicyclic) bond motifs is 2. The second-order valence-corrected chi connectivity index (χ2v) is 20.6. The van der Waals surface area contributed by atoms with Crippen molar-refractivity contribution in [1.29, 1.82) is 0 Å². The Hall–Kier alpha value is -2.22. The van der Waals surface area contributed by atoms with Crippen LogP contribution in [0.5, 0.6) is 0 Å². The monoisotopic (exact) mass is 810 g/mol. The first-order valence-corrected chi connectivity index (χ1v) is 26.6. The maximum absolute atomic E-state index is 4.93. The molecule has 6 aromatic rings. The van der Waals surface area contributed by atoms with Gasteiger partial charge in [0.1, 0.15) is 0 Å². The Morgan fingerprint density at radius 1 is 0.686 bits per heavy atom. The fourth-order valence-electron chi connectivity index (χ4n) is 6.39. The molecule has 0 aliphatic rings. The summed E-state index contributed by atoms with van der Waals surface area (Å²) in [4.78, 5) is 0. The van der Waals surface area contributed by atoms with E-state index >= 15 is 0 Å². The van der Waals surface area contributed by atoms with E-state index in [1.807, 2.05) is 0 Å². The Bertz CT molecular complexity index is 1930. The minimum absolute atomic E-state index is 0.204. The minimum atomic E-state index is -0.826. The number of hydrogen-bond donors (Lipinski definition) is 0. The van der Waals surface area contributed by atoms with Crippen LogP contribution in [0.3, 0.4) is 0 Å².